The van der Waals surface area contributed by atoms with Crippen LogP contribution in [0.3, 0.4) is 0 Å². The summed E-state index contributed by atoms with van der Waals surface area (Å²) in [4.78, 5) is 18.2. The maximum Gasteiger partial charge on any atom is 0.317 e. The molecule has 6 nitrogen and oxygen atoms in total. The second kappa shape index (κ2) is 8.33. The quantitative estimate of drug-likeness (QED) is 0.636. The second-order valence-corrected chi connectivity index (χ2v) is 7.98. The van der Waals surface area contributed by atoms with Gasteiger partial charge in [0.15, 0.2) is 0 Å². The Kier molecular flexibility index (Phi) is 5.62. The normalized spacial score (nSPS) is 15.1. The topological polar surface area (TPSA) is 58.9 Å². The van der Waals surface area contributed by atoms with Crippen molar-refractivity contribution >= 4 is 23.3 Å². The zero-order valence-corrected chi connectivity index (χ0v) is 17.4. The Morgan fingerprint density at radius 1 is 1.17 bits per heavy atom. The van der Waals surface area contributed by atoms with Crippen LogP contribution in [0, 0.1) is 0 Å². The third kappa shape index (κ3) is 4.32. The van der Waals surface area contributed by atoms with Crippen molar-refractivity contribution in [2.24, 2.45) is 0 Å². The molecule has 0 atom stereocenters. The average Bonchev–Trinajstić information content (AvgIpc) is 3.19. The van der Waals surface area contributed by atoms with Crippen LogP contribution in [0.5, 0.6) is 5.75 Å². The van der Waals surface area contributed by atoms with Gasteiger partial charge >= 0.3 is 6.03 Å². The summed E-state index contributed by atoms with van der Waals surface area (Å²) in [6.07, 6.45) is 5.37. The highest BCUT2D eigenvalue weighted by molar-refractivity contribution is 6.32. The minimum absolute atomic E-state index is 0.00884. The van der Waals surface area contributed by atoms with Crippen LogP contribution in [0.25, 0.3) is 16.8 Å². The minimum atomic E-state index is 0.00884. The van der Waals surface area contributed by atoms with Gasteiger partial charge in [0.05, 0.1) is 0 Å². The lowest BCUT2D eigenvalue weighted by molar-refractivity contribution is 0.110. The van der Waals surface area contributed by atoms with Crippen molar-refractivity contribution < 1.29 is 9.53 Å². The number of nitrogens with one attached hydrogen (secondary N) is 1. The molecule has 152 valence electrons. The van der Waals surface area contributed by atoms with Gasteiger partial charge < -0.3 is 15.0 Å². The molecule has 7 heteroatoms. The predicted molar refractivity (Wildman–Crippen MR) is 115 cm³/mol. The van der Waals surface area contributed by atoms with Gasteiger partial charge in [0.2, 0.25) is 0 Å². The monoisotopic (exact) mass is 412 g/mol. The molecule has 0 aliphatic carbocycles. The fraction of sp³-hybridized carbons (Fsp3) is 0.364. The number of nitrogens with zero attached hydrogens (tertiary/aromatic N) is 3. The van der Waals surface area contributed by atoms with E-state index >= 15 is 0 Å². The fourth-order valence-corrected chi connectivity index (χ4v) is 3.91. The van der Waals surface area contributed by atoms with Crippen LogP contribution in [0.15, 0.2) is 48.8 Å². The van der Waals surface area contributed by atoms with Gasteiger partial charge in [-0.25, -0.2) is 9.78 Å². The molecule has 4 rings (SSSR count). The first-order valence-corrected chi connectivity index (χ1v) is 10.3. The Morgan fingerprint density at radius 2 is 1.90 bits per heavy atom. The van der Waals surface area contributed by atoms with E-state index in [1.54, 1.807) is 6.20 Å². The summed E-state index contributed by atoms with van der Waals surface area (Å²) in [6, 6.07) is 12.1. The number of carbonyl (C=O) groups is 1. The number of carbonyl (C=O) groups excluding carboxylic acids is 1. The molecule has 1 aliphatic heterocycles. The number of imidazole rings is 1. The summed E-state index contributed by atoms with van der Waals surface area (Å²) < 4.78 is 8.00. The lowest BCUT2D eigenvalue weighted by atomic mass is 10.1. The van der Waals surface area contributed by atoms with Crippen molar-refractivity contribution in [3.8, 4) is 16.9 Å². The van der Waals surface area contributed by atoms with E-state index in [9.17, 15) is 4.79 Å². The number of aromatic nitrogens is 2. The number of hydrogen-bond donors (Lipinski definition) is 1. The Labute approximate surface area is 175 Å². The van der Waals surface area contributed by atoms with Gasteiger partial charge in [-0.15, -0.1) is 0 Å². The summed E-state index contributed by atoms with van der Waals surface area (Å²) in [5, 5.41) is 3.58. The first-order chi connectivity index (χ1) is 14.0. The van der Waals surface area contributed by atoms with E-state index in [0.717, 1.165) is 35.4 Å². The standard InChI is InChI=1S/C22H25ClN4O2/c1-15(2)25-22(28)26-12-9-18(10-13-26)29-17-5-3-16(4-6-17)19-7-8-20-24-11-14-27(20)21(19)23/h3-8,11,14-15,18H,9-10,12-13H2,1-2H3,(H,25,28). The van der Waals surface area contributed by atoms with Crippen LogP contribution in [0.1, 0.15) is 26.7 Å². The van der Waals surface area contributed by atoms with Crippen molar-refractivity contribution in [2.75, 3.05) is 13.1 Å². The highest BCUT2D eigenvalue weighted by atomic mass is 35.5. The van der Waals surface area contributed by atoms with Gasteiger partial charge in [-0.05, 0) is 43.7 Å². The molecule has 3 aromatic rings. The summed E-state index contributed by atoms with van der Waals surface area (Å²) >= 11 is 6.54. The van der Waals surface area contributed by atoms with Crippen molar-refractivity contribution in [1.82, 2.24) is 19.6 Å². The molecule has 2 amide bonds. The van der Waals surface area contributed by atoms with E-state index < -0.39 is 0 Å². The van der Waals surface area contributed by atoms with Gasteiger partial charge in [-0.3, -0.25) is 4.40 Å². The van der Waals surface area contributed by atoms with Crippen molar-refractivity contribution in [1.29, 1.82) is 0 Å². The highest BCUT2D eigenvalue weighted by Crippen LogP contribution is 2.30. The number of pyridine rings is 1. The molecule has 1 aliphatic rings. The van der Waals surface area contributed by atoms with Crippen molar-refractivity contribution in [3.63, 3.8) is 0 Å². The number of benzene rings is 1. The van der Waals surface area contributed by atoms with Crippen LogP contribution in [-0.2, 0) is 0 Å². The Hall–Kier alpha value is -2.73. The first kappa shape index (κ1) is 19.6. The maximum absolute atomic E-state index is 12.1. The smallest absolute Gasteiger partial charge is 0.317 e. The summed E-state index contributed by atoms with van der Waals surface area (Å²) in [7, 11) is 0. The van der Waals surface area contributed by atoms with Crippen molar-refractivity contribution in [3.05, 3.63) is 53.9 Å². The van der Waals surface area contributed by atoms with E-state index in [2.05, 4.69) is 10.3 Å². The van der Waals surface area contributed by atoms with Crippen LogP contribution in [0.4, 0.5) is 4.79 Å². The predicted octanol–water partition coefficient (Wildman–Crippen LogP) is 4.62. The number of halogens is 1. The molecular weight excluding hydrogens is 388 g/mol. The van der Waals surface area contributed by atoms with E-state index in [1.807, 2.05) is 65.7 Å². The number of ether oxygens (including phenoxy) is 1. The molecule has 29 heavy (non-hydrogen) atoms. The molecule has 2 aromatic heterocycles. The number of fused-ring (bicyclic) bond motifs is 1. The zero-order valence-electron chi connectivity index (χ0n) is 16.6. The van der Waals surface area contributed by atoms with E-state index in [4.69, 9.17) is 16.3 Å². The van der Waals surface area contributed by atoms with Crippen LogP contribution in [0.2, 0.25) is 5.15 Å². The second-order valence-electron chi connectivity index (χ2n) is 7.63. The van der Waals surface area contributed by atoms with Gasteiger partial charge in [0.25, 0.3) is 0 Å². The number of rotatable bonds is 4. The SMILES string of the molecule is CC(C)NC(=O)N1CCC(Oc2ccc(-c3ccc4nccn4c3Cl)cc2)CC1. The van der Waals surface area contributed by atoms with Crippen LogP contribution >= 0.6 is 11.6 Å². The van der Waals surface area contributed by atoms with Crippen LogP contribution in [-0.4, -0.2) is 45.6 Å². The molecule has 0 radical (unpaired) electrons. The van der Waals surface area contributed by atoms with Crippen molar-refractivity contribution in [2.45, 2.75) is 38.8 Å². The Morgan fingerprint density at radius 3 is 2.59 bits per heavy atom. The number of likely N-dealkylation sites (tertiary alicyclic amines) is 1. The number of hydrogen-bond acceptors (Lipinski definition) is 3. The molecule has 1 aromatic carbocycles. The number of urea groups is 1. The third-order valence-electron chi connectivity index (χ3n) is 5.11. The van der Waals surface area contributed by atoms with E-state index in [-0.39, 0.29) is 18.2 Å². The molecule has 0 saturated carbocycles. The third-order valence-corrected chi connectivity index (χ3v) is 5.50. The highest BCUT2D eigenvalue weighted by Gasteiger charge is 2.24. The zero-order chi connectivity index (χ0) is 20.4. The van der Waals surface area contributed by atoms with Gasteiger partial charge in [-0.1, -0.05) is 23.7 Å². The molecule has 0 spiro atoms. The molecular formula is C22H25ClN4O2. The largest absolute Gasteiger partial charge is 0.490 e. The molecule has 0 bridgehead atoms. The minimum Gasteiger partial charge on any atom is -0.490 e. The average molecular weight is 413 g/mol. The first-order valence-electron chi connectivity index (χ1n) is 9.95. The van der Waals surface area contributed by atoms with E-state index in [1.165, 1.54) is 0 Å². The van der Waals surface area contributed by atoms with Crippen LogP contribution < -0.4 is 10.1 Å². The molecule has 1 N–H and O–H groups in total. The van der Waals surface area contributed by atoms with E-state index in [0.29, 0.717) is 18.2 Å². The Balaban J connectivity index is 1.38. The van der Waals surface area contributed by atoms with Gasteiger partial charge in [-0.2, -0.15) is 0 Å². The molecule has 1 saturated heterocycles. The lowest BCUT2D eigenvalue weighted by Crippen LogP contribution is -2.48. The number of amides is 2. The summed E-state index contributed by atoms with van der Waals surface area (Å²) in [5.41, 5.74) is 2.80. The lowest BCUT2D eigenvalue weighted by Gasteiger charge is -2.32. The summed E-state index contributed by atoms with van der Waals surface area (Å²) in [5.74, 6) is 0.832. The summed E-state index contributed by atoms with van der Waals surface area (Å²) in [6.45, 7) is 5.36. The molecule has 3 heterocycles. The Bertz CT molecular complexity index is 992. The number of piperidine rings is 1. The fourth-order valence-electron chi connectivity index (χ4n) is 3.60. The van der Waals surface area contributed by atoms with Gasteiger partial charge in [0.1, 0.15) is 22.7 Å². The van der Waals surface area contributed by atoms with Gasteiger partial charge in [0, 0.05) is 49.9 Å². The maximum atomic E-state index is 12.1. The molecule has 0 unspecified atom stereocenters. The molecule has 1 fully saturated rings.